The number of nitrogens with one attached hydrogen (secondary N) is 2. The Balaban J connectivity index is 1.53. The van der Waals surface area contributed by atoms with Crippen molar-refractivity contribution in [1.82, 2.24) is 9.97 Å². The first-order valence-corrected chi connectivity index (χ1v) is 13.2. The molecule has 186 valence electrons. The van der Waals surface area contributed by atoms with Gasteiger partial charge in [-0.1, -0.05) is 60.7 Å². The molecule has 0 aliphatic rings. The van der Waals surface area contributed by atoms with E-state index in [1.54, 1.807) is 12.1 Å². The zero-order valence-electron chi connectivity index (χ0n) is 20.5. The van der Waals surface area contributed by atoms with E-state index in [-0.39, 0.29) is 5.97 Å². The number of aromatic nitrogens is 2. The van der Waals surface area contributed by atoms with Gasteiger partial charge in [0.05, 0.1) is 17.6 Å². The van der Waals surface area contributed by atoms with Gasteiger partial charge in [-0.05, 0) is 53.6 Å². The molecule has 6 aromatic rings. The molecule has 38 heavy (non-hydrogen) atoms. The topological polar surface area (TPSA) is 84.1 Å². The number of nitrogens with zero attached hydrogens (tertiary/aromatic N) is 1. The second-order valence-corrected chi connectivity index (χ2v) is 9.99. The van der Waals surface area contributed by atoms with Crippen molar-refractivity contribution in [1.29, 1.82) is 0 Å². The molecule has 0 fully saturated rings. The molecule has 0 bridgehead atoms. The van der Waals surface area contributed by atoms with E-state index in [9.17, 15) is 9.00 Å². The molecular weight excluding hydrogens is 494 g/mol. The molecule has 0 radical (unpaired) electrons. The Hall–Kier alpha value is -4.75. The lowest BCUT2D eigenvalue weighted by molar-refractivity contribution is 0.0600. The third-order valence-corrected chi connectivity index (χ3v) is 7.59. The number of aromatic amines is 1. The Morgan fingerprint density at radius 3 is 2.29 bits per heavy atom. The van der Waals surface area contributed by atoms with Crippen molar-refractivity contribution < 1.29 is 13.7 Å². The summed E-state index contributed by atoms with van der Waals surface area (Å²) in [4.78, 5) is 20.9. The Morgan fingerprint density at radius 1 is 0.868 bits per heavy atom. The second-order valence-electron chi connectivity index (χ2n) is 8.77. The van der Waals surface area contributed by atoms with Crippen molar-refractivity contribution in [2.45, 2.75) is 4.90 Å². The zero-order chi connectivity index (χ0) is 26.1. The molecule has 6 rings (SSSR count). The number of anilines is 1. The normalized spacial score (nSPS) is 11.9. The van der Waals surface area contributed by atoms with Gasteiger partial charge in [-0.25, -0.2) is 14.0 Å². The van der Waals surface area contributed by atoms with Crippen LogP contribution in [0, 0.1) is 0 Å². The highest BCUT2D eigenvalue weighted by atomic mass is 32.2. The van der Waals surface area contributed by atoms with Gasteiger partial charge in [0.1, 0.15) is 16.6 Å². The van der Waals surface area contributed by atoms with Crippen molar-refractivity contribution >= 4 is 44.6 Å². The van der Waals surface area contributed by atoms with E-state index in [0.717, 1.165) is 49.9 Å². The van der Waals surface area contributed by atoms with Gasteiger partial charge in [0.15, 0.2) is 0 Å². The van der Waals surface area contributed by atoms with E-state index in [1.807, 2.05) is 85.1 Å². The average molecular weight is 518 g/mol. The first kappa shape index (κ1) is 23.6. The minimum atomic E-state index is -1.39. The molecular formula is C31H23N3O3S. The maximum Gasteiger partial charge on any atom is 0.337 e. The maximum atomic E-state index is 12.9. The summed E-state index contributed by atoms with van der Waals surface area (Å²) in [6.45, 7) is 0. The first-order valence-electron chi connectivity index (χ1n) is 12.0. The van der Waals surface area contributed by atoms with Crippen LogP contribution in [0.1, 0.15) is 10.4 Å². The fourth-order valence-electron chi connectivity index (χ4n) is 4.66. The number of esters is 1. The molecule has 7 heteroatoms. The highest BCUT2D eigenvalue weighted by molar-refractivity contribution is 7.86. The van der Waals surface area contributed by atoms with Crippen molar-refractivity contribution in [3.05, 3.63) is 115 Å². The Kier molecular flexibility index (Phi) is 6.19. The van der Waals surface area contributed by atoms with Crippen molar-refractivity contribution in [3.8, 4) is 22.3 Å². The van der Waals surface area contributed by atoms with Crippen LogP contribution in [0.25, 0.3) is 44.2 Å². The first-order chi connectivity index (χ1) is 18.6. The third kappa shape index (κ3) is 4.33. The van der Waals surface area contributed by atoms with Gasteiger partial charge in [0.2, 0.25) is 0 Å². The van der Waals surface area contributed by atoms with E-state index in [1.165, 1.54) is 7.11 Å². The summed E-state index contributed by atoms with van der Waals surface area (Å²) in [6.07, 6.45) is 1.86. The summed E-state index contributed by atoms with van der Waals surface area (Å²) in [5.41, 5.74) is 6.85. The van der Waals surface area contributed by atoms with E-state index in [0.29, 0.717) is 10.5 Å². The standard InChI is InChI=1S/C31H23N3O3S/c1-37-31(35)22-14-12-20(13-15-22)26-19-32-30-29(28(26)21-8-4-2-5-9-21)25-18-23(16-17-27(25)33-30)34-38(36)24-10-6-3-7-11-24/h2-19,34H,1H3,(H,32,33). The largest absolute Gasteiger partial charge is 0.465 e. The maximum absolute atomic E-state index is 12.9. The number of rotatable bonds is 6. The lowest BCUT2D eigenvalue weighted by atomic mass is 9.92. The number of fused-ring (bicyclic) bond motifs is 3. The molecule has 1 atom stereocenters. The molecule has 0 saturated heterocycles. The molecule has 2 aromatic heterocycles. The molecule has 2 N–H and O–H groups in total. The van der Waals surface area contributed by atoms with Crippen molar-refractivity contribution in [2.75, 3.05) is 11.8 Å². The molecule has 6 nitrogen and oxygen atoms in total. The van der Waals surface area contributed by atoms with Gasteiger partial charge in [-0.3, -0.25) is 0 Å². The minimum Gasteiger partial charge on any atom is -0.465 e. The number of H-pyrrole nitrogens is 1. The van der Waals surface area contributed by atoms with Crippen molar-refractivity contribution in [3.63, 3.8) is 0 Å². The van der Waals surface area contributed by atoms with Crippen molar-refractivity contribution in [2.24, 2.45) is 0 Å². The molecule has 0 saturated carbocycles. The SMILES string of the molecule is COC(=O)c1ccc(-c2cnc3[nH]c4ccc(NS(=O)c5ccccc5)cc4c3c2-c2ccccc2)cc1. The molecule has 4 aromatic carbocycles. The smallest absolute Gasteiger partial charge is 0.337 e. The summed E-state index contributed by atoms with van der Waals surface area (Å²) in [5.74, 6) is -0.377. The van der Waals surface area contributed by atoms with Crippen LogP contribution in [0.4, 0.5) is 5.69 Å². The van der Waals surface area contributed by atoms with Gasteiger partial charge in [-0.2, -0.15) is 0 Å². The van der Waals surface area contributed by atoms with Gasteiger partial charge >= 0.3 is 5.97 Å². The lowest BCUT2D eigenvalue weighted by Gasteiger charge is -2.13. The monoisotopic (exact) mass is 517 g/mol. The highest BCUT2D eigenvalue weighted by Gasteiger charge is 2.18. The quantitative estimate of drug-likeness (QED) is 0.234. The van der Waals surface area contributed by atoms with Crippen LogP contribution in [-0.2, 0) is 15.7 Å². The summed E-state index contributed by atoms with van der Waals surface area (Å²) in [6, 6.07) is 32.7. The second kappa shape index (κ2) is 9.95. The number of methoxy groups -OCH3 is 1. The number of benzene rings is 4. The van der Waals surface area contributed by atoms with E-state index < -0.39 is 11.0 Å². The van der Waals surface area contributed by atoms with Gasteiger partial charge < -0.3 is 14.4 Å². The number of carbonyl (C=O) groups is 1. The predicted molar refractivity (Wildman–Crippen MR) is 152 cm³/mol. The van der Waals surface area contributed by atoms with Crippen LogP contribution in [0.3, 0.4) is 0 Å². The lowest BCUT2D eigenvalue weighted by Crippen LogP contribution is -2.04. The molecule has 0 spiro atoms. The molecule has 0 aliphatic heterocycles. The Bertz CT molecular complexity index is 1800. The summed E-state index contributed by atoms with van der Waals surface area (Å²) >= 11 is 0. The van der Waals surface area contributed by atoms with Gasteiger partial charge in [-0.15, -0.1) is 0 Å². The fourth-order valence-corrected chi connectivity index (χ4v) is 5.52. The van der Waals surface area contributed by atoms with E-state index in [2.05, 4.69) is 21.8 Å². The summed E-state index contributed by atoms with van der Waals surface area (Å²) < 4.78 is 20.9. The van der Waals surface area contributed by atoms with Crippen LogP contribution in [0.15, 0.2) is 114 Å². The van der Waals surface area contributed by atoms with Gasteiger partial charge in [0.25, 0.3) is 0 Å². The molecule has 0 amide bonds. The molecule has 2 heterocycles. The van der Waals surface area contributed by atoms with Gasteiger partial charge in [0, 0.05) is 39.3 Å². The summed E-state index contributed by atoms with van der Waals surface area (Å²) in [7, 11) is -0.0228. The number of ether oxygens (including phenoxy) is 1. The predicted octanol–water partition coefficient (Wildman–Crippen LogP) is 6.97. The number of carbonyl (C=O) groups excluding carboxylic acids is 1. The minimum absolute atomic E-state index is 0.377. The Morgan fingerprint density at radius 2 is 1.58 bits per heavy atom. The van der Waals surface area contributed by atoms with Crippen LogP contribution in [0.5, 0.6) is 0 Å². The van der Waals surface area contributed by atoms with Crippen LogP contribution in [-0.4, -0.2) is 27.3 Å². The zero-order valence-corrected chi connectivity index (χ0v) is 21.3. The van der Waals surface area contributed by atoms with Crippen LogP contribution in [0.2, 0.25) is 0 Å². The number of hydrogen-bond donors (Lipinski definition) is 2. The average Bonchev–Trinajstić information content (AvgIpc) is 3.35. The summed E-state index contributed by atoms with van der Waals surface area (Å²) in [5, 5.41) is 1.93. The Labute approximate surface area is 221 Å². The number of hydrogen-bond acceptors (Lipinski definition) is 4. The van der Waals surface area contributed by atoms with E-state index in [4.69, 9.17) is 9.72 Å². The fraction of sp³-hybridized carbons (Fsp3) is 0.0323. The molecule has 1 unspecified atom stereocenters. The van der Waals surface area contributed by atoms with Crippen LogP contribution >= 0.6 is 0 Å². The number of pyridine rings is 1. The highest BCUT2D eigenvalue weighted by Crippen LogP contribution is 2.41. The van der Waals surface area contributed by atoms with Crippen LogP contribution < -0.4 is 4.72 Å². The third-order valence-electron chi connectivity index (χ3n) is 6.47. The molecule has 0 aliphatic carbocycles. The van der Waals surface area contributed by atoms with E-state index >= 15 is 0 Å².